The number of methoxy groups -OCH3 is 1. The molecule has 0 saturated carbocycles. The molecule has 0 aliphatic carbocycles. The predicted octanol–water partition coefficient (Wildman–Crippen LogP) is 6.88. The van der Waals surface area contributed by atoms with Gasteiger partial charge in [-0.1, -0.05) is 59.8 Å². The highest BCUT2D eigenvalue weighted by Gasteiger charge is 2.34. The number of hydrogen-bond acceptors (Lipinski definition) is 7. The van der Waals surface area contributed by atoms with E-state index < -0.39 is 6.04 Å². The molecule has 0 spiro atoms. The first kappa shape index (κ1) is 26.2. The quantitative estimate of drug-likeness (QED) is 0.226. The number of benzene rings is 3. The molecule has 38 heavy (non-hydrogen) atoms. The highest BCUT2D eigenvalue weighted by Crippen LogP contribution is 2.38. The molecular weight excluding hydrogens is 538 g/mol. The molecule has 0 bridgehead atoms. The van der Waals surface area contributed by atoms with Crippen LogP contribution in [0.5, 0.6) is 5.75 Å². The van der Waals surface area contributed by atoms with Crippen LogP contribution in [-0.2, 0) is 10.5 Å². The minimum atomic E-state index is -0.464. The third-order valence-electron chi connectivity index (χ3n) is 6.15. The first-order valence-electron chi connectivity index (χ1n) is 11.9. The third-order valence-corrected chi connectivity index (χ3v) is 8.05. The predicted molar refractivity (Wildman–Crippen MR) is 155 cm³/mol. The molecule has 0 saturated heterocycles. The van der Waals surface area contributed by atoms with Crippen molar-refractivity contribution in [3.63, 3.8) is 0 Å². The number of fused-ring (bicyclic) bond motifs is 1. The van der Waals surface area contributed by atoms with Crippen LogP contribution in [0.25, 0.3) is 0 Å². The van der Waals surface area contributed by atoms with Crippen molar-refractivity contribution in [3.05, 3.63) is 100 Å². The summed E-state index contributed by atoms with van der Waals surface area (Å²) in [5, 5.41) is 12.5. The number of para-hydroxylation sites is 2. The molecule has 0 unspecified atom stereocenters. The van der Waals surface area contributed by atoms with Crippen LogP contribution in [0.3, 0.4) is 0 Å². The van der Waals surface area contributed by atoms with Gasteiger partial charge in [0.05, 0.1) is 18.4 Å². The van der Waals surface area contributed by atoms with Gasteiger partial charge < -0.3 is 15.4 Å². The summed E-state index contributed by atoms with van der Waals surface area (Å²) >= 11 is 9.22. The minimum Gasteiger partial charge on any atom is -0.495 e. The number of nitrogens with one attached hydrogen (secondary N) is 2. The molecule has 1 atom stereocenters. The Labute approximate surface area is 235 Å². The molecule has 2 heterocycles. The molecule has 4 aromatic rings. The maximum Gasteiger partial charge on any atom is 0.255 e. The van der Waals surface area contributed by atoms with Crippen molar-refractivity contribution >= 4 is 52.7 Å². The van der Waals surface area contributed by atoms with Gasteiger partial charge in [0.1, 0.15) is 11.8 Å². The van der Waals surface area contributed by atoms with Gasteiger partial charge in [0.15, 0.2) is 0 Å². The normalized spacial score (nSPS) is 14.6. The second kappa shape index (κ2) is 11.6. The lowest BCUT2D eigenvalue weighted by atomic mass is 9.95. The number of carbonyl (C=O) groups excluding carboxylic acids is 1. The molecule has 3 aromatic carbocycles. The number of rotatable bonds is 8. The van der Waals surface area contributed by atoms with E-state index in [0.29, 0.717) is 44.6 Å². The lowest BCUT2D eigenvalue weighted by Crippen LogP contribution is -2.31. The van der Waals surface area contributed by atoms with Crippen LogP contribution >= 0.6 is 35.1 Å². The number of ether oxygens (including phenoxy) is 1. The van der Waals surface area contributed by atoms with Crippen molar-refractivity contribution in [1.29, 1.82) is 0 Å². The molecular formula is C28H26ClN5O2S2. The zero-order valence-electron chi connectivity index (χ0n) is 21.1. The van der Waals surface area contributed by atoms with E-state index in [9.17, 15) is 4.79 Å². The van der Waals surface area contributed by atoms with Gasteiger partial charge in [-0.2, -0.15) is 4.98 Å². The Hall–Kier alpha value is -3.40. The van der Waals surface area contributed by atoms with Crippen LogP contribution in [0.4, 0.5) is 11.6 Å². The van der Waals surface area contributed by atoms with Crippen molar-refractivity contribution in [2.24, 2.45) is 0 Å². The fraction of sp³-hybridized carbons (Fsp3) is 0.179. The van der Waals surface area contributed by atoms with Gasteiger partial charge in [0.25, 0.3) is 5.91 Å². The summed E-state index contributed by atoms with van der Waals surface area (Å²) in [5.41, 5.74) is 3.93. The summed E-state index contributed by atoms with van der Waals surface area (Å²) in [6.45, 7) is 1.89. The number of thioether (sulfide) groups is 2. The second-order valence-corrected chi connectivity index (χ2v) is 10.8. The van der Waals surface area contributed by atoms with E-state index in [0.717, 1.165) is 16.0 Å². The van der Waals surface area contributed by atoms with Gasteiger partial charge in [-0.25, -0.2) is 4.68 Å². The Morgan fingerprint density at radius 3 is 2.55 bits per heavy atom. The van der Waals surface area contributed by atoms with Gasteiger partial charge >= 0.3 is 0 Å². The Bertz CT molecular complexity index is 1490. The lowest BCUT2D eigenvalue weighted by Gasteiger charge is -2.29. The summed E-state index contributed by atoms with van der Waals surface area (Å²) in [6, 6.07) is 22.8. The number of allylic oxidation sites excluding steroid dienone is 1. The third kappa shape index (κ3) is 5.55. The standard InChI is InChI=1S/C28H26ClN5O2S2/c1-17-24(26(35)31-22-6-4-5-7-23(22)36-2)25(19-10-14-21(37-3)15-11-19)34-27(30-17)32-28(33-34)38-16-18-8-12-20(29)13-9-18/h4-15,25H,16H2,1-3H3,(H,31,35)(H,30,32,33)/t25-/m0/s1. The summed E-state index contributed by atoms with van der Waals surface area (Å²) in [7, 11) is 1.58. The Kier molecular flexibility index (Phi) is 7.97. The van der Waals surface area contributed by atoms with Crippen LogP contribution in [0.15, 0.2) is 94.1 Å². The Balaban J connectivity index is 1.49. The number of halogens is 1. The van der Waals surface area contributed by atoms with Gasteiger partial charge in [-0.3, -0.25) is 4.79 Å². The van der Waals surface area contributed by atoms with Crippen LogP contribution in [0.1, 0.15) is 24.1 Å². The number of amides is 1. The maximum absolute atomic E-state index is 13.8. The van der Waals surface area contributed by atoms with Gasteiger partial charge in [0.2, 0.25) is 11.1 Å². The molecule has 2 N–H and O–H groups in total. The number of aromatic nitrogens is 3. The number of nitrogens with zero attached hydrogens (tertiary/aromatic N) is 3. The molecule has 1 aliphatic rings. The topological polar surface area (TPSA) is 81.1 Å². The Morgan fingerprint density at radius 2 is 1.84 bits per heavy atom. The second-order valence-electron chi connectivity index (χ2n) is 8.57. The van der Waals surface area contributed by atoms with Crippen molar-refractivity contribution in [2.75, 3.05) is 24.0 Å². The minimum absolute atomic E-state index is 0.241. The van der Waals surface area contributed by atoms with E-state index in [-0.39, 0.29) is 5.91 Å². The lowest BCUT2D eigenvalue weighted by molar-refractivity contribution is -0.113. The summed E-state index contributed by atoms with van der Waals surface area (Å²) < 4.78 is 7.23. The van der Waals surface area contributed by atoms with Gasteiger partial charge in [-0.15, -0.1) is 16.9 Å². The highest BCUT2D eigenvalue weighted by molar-refractivity contribution is 7.98. The molecule has 10 heteroatoms. The zero-order valence-corrected chi connectivity index (χ0v) is 23.5. The Morgan fingerprint density at radius 1 is 1.11 bits per heavy atom. The molecule has 194 valence electrons. The largest absolute Gasteiger partial charge is 0.495 e. The summed E-state index contributed by atoms with van der Waals surface area (Å²) in [5.74, 6) is 1.64. The van der Waals surface area contributed by atoms with Gasteiger partial charge in [-0.05, 0) is 60.7 Å². The first-order valence-corrected chi connectivity index (χ1v) is 14.5. The van der Waals surface area contributed by atoms with Crippen molar-refractivity contribution in [2.45, 2.75) is 28.8 Å². The van der Waals surface area contributed by atoms with E-state index in [1.807, 2.05) is 73.8 Å². The van der Waals surface area contributed by atoms with E-state index in [1.165, 1.54) is 11.8 Å². The first-order chi connectivity index (χ1) is 18.5. The average Bonchev–Trinajstić information content (AvgIpc) is 3.34. The molecule has 0 fully saturated rings. The fourth-order valence-corrected chi connectivity index (χ4v) is 5.57. The molecule has 1 aromatic heterocycles. The van der Waals surface area contributed by atoms with Gasteiger partial charge in [0, 0.05) is 21.4 Å². The van der Waals surface area contributed by atoms with Crippen LogP contribution in [0, 0.1) is 0 Å². The molecule has 0 radical (unpaired) electrons. The summed E-state index contributed by atoms with van der Waals surface area (Å²) in [4.78, 5) is 19.6. The number of anilines is 2. The molecule has 5 rings (SSSR count). The average molecular weight is 564 g/mol. The van der Waals surface area contributed by atoms with E-state index in [1.54, 1.807) is 23.6 Å². The maximum atomic E-state index is 13.8. The molecule has 1 amide bonds. The molecule has 1 aliphatic heterocycles. The van der Waals surface area contributed by atoms with Crippen molar-refractivity contribution in [1.82, 2.24) is 14.8 Å². The zero-order chi connectivity index (χ0) is 26.6. The number of hydrogen-bond donors (Lipinski definition) is 2. The van der Waals surface area contributed by atoms with Crippen LogP contribution in [0.2, 0.25) is 5.02 Å². The number of carbonyl (C=O) groups is 1. The smallest absolute Gasteiger partial charge is 0.255 e. The van der Waals surface area contributed by atoms with Crippen molar-refractivity contribution in [3.8, 4) is 5.75 Å². The van der Waals surface area contributed by atoms with Crippen LogP contribution < -0.4 is 15.4 Å². The monoisotopic (exact) mass is 563 g/mol. The van der Waals surface area contributed by atoms with E-state index >= 15 is 0 Å². The van der Waals surface area contributed by atoms with E-state index in [2.05, 4.69) is 22.8 Å². The summed E-state index contributed by atoms with van der Waals surface area (Å²) in [6.07, 6.45) is 2.04. The molecule has 7 nitrogen and oxygen atoms in total. The fourth-order valence-electron chi connectivity index (χ4n) is 4.25. The SMILES string of the molecule is COc1ccccc1NC(=O)C1=C(C)Nc2nc(SCc3ccc(Cl)cc3)nn2[C@H]1c1ccc(SC)cc1. The highest BCUT2D eigenvalue weighted by atomic mass is 35.5. The van der Waals surface area contributed by atoms with Crippen LogP contribution in [-0.4, -0.2) is 34.0 Å². The van der Waals surface area contributed by atoms with E-state index in [4.69, 9.17) is 26.4 Å². The van der Waals surface area contributed by atoms with Crippen molar-refractivity contribution < 1.29 is 9.53 Å².